The lowest BCUT2D eigenvalue weighted by Gasteiger charge is -2.31. The van der Waals surface area contributed by atoms with Gasteiger partial charge >= 0.3 is 0 Å². The normalized spacial score (nSPS) is 19.1. The molecule has 40 heavy (non-hydrogen) atoms. The monoisotopic (exact) mass is 536 g/mol. The highest BCUT2D eigenvalue weighted by molar-refractivity contribution is 5.97. The number of carbonyl (C=O) groups excluding carboxylic acids is 1. The van der Waals surface area contributed by atoms with E-state index >= 15 is 0 Å². The number of ether oxygens (including phenoxy) is 1. The molecule has 11 nitrogen and oxygen atoms in total. The molecule has 1 fully saturated rings. The summed E-state index contributed by atoms with van der Waals surface area (Å²) >= 11 is 0. The van der Waals surface area contributed by atoms with E-state index in [-0.39, 0.29) is 23.5 Å². The first-order valence-electron chi connectivity index (χ1n) is 13.6. The van der Waals surface area contributed by atoms with Gasteiger partial charge < -0.3 is 10.1 Å². The maximum atomic E-state index is 13.6. The van der Waals surface area contributed by atoms with E-state index < -0.39 is 0 Å². The van der Waals surface area contributed by atoms with Gasteiger partial charge in [-0.15, -0.1) is 0 Å². The first kappa shape index (κ1) is 23.4. The molecule has 0 unspecified atom stereocenters. The summed E-state index contributed by atoms with van der Waals surface area (Å²) in [6.07, 6.45) is 8.67. The standard InChI is InChI=1S/C29H28N8O3/c1-34-14-18-4-5-20(12-19(18)15-34)31-28-30-13-21-25(33-28)37-23-7-6-22-26(32-23)35(24(38)16-40-22)17-29(9-10-29)8-2-3-11-36(37)27(21)39/h2-7,12-13H,8-11,14-17H2,1H3,(H,30,31,33). The molecular formula is C29H28N8O3. The van der Waals surface area contributed by atoms with Crippen molar-refractivity contribution in [2.45, 2.75) is 38.9 Å². The predicted octanol–water partition coefficient (Wildman–Crippen LogP) is 3.13. The Labute approximate surface area is 229 Å². The molecule has 4 aromatic rings. The van der Waals surface area contributed by atoms with E-state index in [0.29, 0.717) is 47.5 Å². The number of rotatable bonds is 2. The lowest BCUT2D eigenvalue weighted by Crippen LogP contribution is -2.43. The van der Waals surface area contributed by atoms with Crippen molar-refractivity contribution in [3.05, 3.63) is 70.2 Å². The van der Waals surface area contributed by atoms with E-state index in [2.05, 4.69) is 40.5 Å². The average Bonchev–Trinajstić information content (AvgIpc) is 3.52. The Hall–Kier alpha value is -4.51. The summed E-state index contributed by atoms with van der Waals surface area (Å²) in [5, 5.41) is 3.71. The maximum Gasteiger partial charge on any atom is 0.278 e. The fourth-order valence-corrected chi connectivity index (χ4v) is 6.05. The summed E-state index contributed by atoms with van der Waals surface area (Å²) in [6.45, 7) is 2.81. The van der Waals surface area contributed by atoms with E-state index in [4.69, 9.17) is 14.7 Å². The van der Waals surface area contributed by atoms with E-state index in [9.17, 15) is 9.59 Å². The topological polar surface area (TPSA) is 110 Å². The molecule has 0 saturated heterocycles. The summed E-state index contributed by atoms with van der Waals surface area (Å²) in [5.74, 6) is 1.82. The van der Waals surface area contributed by atoms with Crippen molar-refractivity contribution < 1.29 is 9.53 Å². The first-order chi connectivity index (χ1) is 19.5. The zero-order valence-corrected chi connectivity index (χ0v) is 22.1. The summed E-state index contributed by atoms with van der Waals surface area (Å²) in [5.41, 5.74) is 3.77. The summed E-state index contributed by atoms with van der Waals surface area (Å²) < 4.78 is 9.07. The van der Waals surface area contributed by atoms with Crippen LogP contribution in [0.15, 0.2) is 53.5 Å². The molecule has 2 bridgehead atoms. The Bertz CT molecular complexity index is 1800. The molecule has 1 saturated carbocycles. The van der Waals surface area contributed by atoms with Crippen LogP contribution in [-0.4, -0.2) is 55.3 Å². The third kappa shape index (κ3) is 3.72. The average molecular weight is 537 g/mol. The Morgan fingerprint density at radius 2 is 1.90 bits per heavy atom. The highest BCUT2D eigenvalue weighted by Gasteiger charge is 2.45. The highest BCUT2D eigenvalue weighted by Crippen LogP contribution is 2.51. The number of benzene rings is 1. The molecule has 8 rings (SSSR count). The van der Waals surface area contributed by atoms with Gasteiger partial charge in [-0.3, -0.25) is 19.4 Å². The molecule has 0 radical (unpaired) electrons. The zero-order valence-electron chi connectivity index (χ0n) is 22.1. The number of allylic oxidation sites excluding steroid dienone is 2. The van der Waals surface area contributed by atoms with Crippen LogP contribution < -0.4 is 20.5 Å². The zero-order chi connectivity index (χ0) is 27.0. The van der Waals surface area contributed by atoms with Crippen LogP contribution in [-0.2, 0) is 24.4 Å². The molecule has 0 atom stereocenters. The lowest BCUT2D eigenvalue weighted by atomic mass is 10.0. The van der Waals surface area contributed by atoms with Crippen molar-refractivity contribution in [3.8, 4) is 11.6 Å². The second-order valence-electron chi connectivity index (χ2n) is 11.3. The van der Waals surface area contributed by atoms with E-state index in [1.165, 1.54) is 11.1 Å². The third-order valence-electron chi connectivity index (χ3n) is 8.41. The predicted molar refractivity (Wildman–Crippen MR) is 149 cm³/mol. The number of fused-ring (bicyclic) bond motifs is 6. The summed E-state index contributed by atoms with van der Waals surface area (Å²) in [4.78, 5) is 44.7. The minimum absolute atomic E-state index is 0.00165. The van der Waals surface area contributed by atoms with Gasteiger partial charge in [0.15, 0.2) is 29.6 Å². The molecule has 202 valence electrons. The molecule has 1 spiro atoms. The molecule has 3 aromatic heterocycles. The number of hydrogen-bond donors (Lipinski definition) is 1. The van der Waals surface area contributed by atoms with E-state index in [0.717, 1.165) is 38.0 Å². The molecule has 1 aromatic carbocycles. The fourth-order valence-electron chi connectivity index (χ4n) is 6.05. The SMILES string of the molecule is CN1Cc2ccc(Nc3ncc4c(=O)n5n(c4n3)-c3ccc4c(n3)N(CC3(CC=CC5)CC3)C(=O)CO4)cc2C1. The number of pyridine rings is 1. The Morgan fingerprint density at radius 1 is 1.02 bits per heavy atom. The van der Waals surface area contributed by atoms with Gasteiger partial charge in [0, 0.05) is 31.5 Å². The third-order valence-corrected chi connectivity index (χ3v) is 8.41. The van der Waals surface area contributed by atoms with Gasteiger partial charge in [-0.25, -0.2) is 19.3 Å². The summed E-state index contributed by atoms with van der Waals surface area (Å²) in [6, 6.07) is 9.89. The van der Waals surface area contributed by atoms with Gasteiger partial charge in [-0.1, -0.05) is 18.2 Å². The van der Waals surface area contributed by atoms with Crippen LogP contribution in [0.4, 0.5) is 17.5 Å². The van der Waals surface area contributed by atoms with Crippen LogP contribution in [0.2, 0.25) is 0 Å². The van der Waals surface area contributed by atoms with Crippen molar-refractivity contribution in [2.75, 3.05) is 30.4 Å². The Balaban J connectivity index is 1.26. The molecule has 1 N–H and O–H groups in total. The fraction of sp³-hybridized carbons (Fsp3) is 0.345. The summed E-state index contributed by atoms with van der Waals surface area (Å²) in [7, 11) is 2.10. The molecule has 4 aliphatic rings. The van der Waals surface area contributed by atoms with Crippen molar-refractivity contribution in [1.29, 1.82) is 0 Å². The second-order valence-corrected chi connectivity index (χ2v) is 11.3. The van der Waals surface area contributed by atoms with Crippen LogP contribution >= 0.6 is 0 Å². The van der Waals surface area contributed by atoms with Gasteiger partial charge in [-0.05, 0) is 67.1 Å². The van der Waals surface area contributed by atoms with Crippen LogP contribution in [0.25, 0.3) is 16.9 Å². The Kier molecular flexibility index (Phi) is 4.96. The lowest BCUT2D eigenvalue weighted by molar-refractivity contribution is -0.121. The van der Waals surface area contributed by atoms with Crippen molar-refractivity contribution in [3.63, 3.8) is 0 Å². The van der Waals surface area contributed by atoms with Crippen LogP contribution in [0, 0.1) is 5.41 Å². The van der Waals surface area contributed by atoms with Gasteiger partial charge in [-0.2, -0.15) is 4.98 Å². The minimum Gasteiger partial charge on any atom is -0.480 e. The Morgan fingerprint density at radius 3 is 2.77 bits per heavy atom. The van der Waals surface area contributed by atoms with Crippen LogP contribution in [0.3, 0.4) is 0 Å². The first-order valence-corrected chi connectivity index (χ1v) is 13.6. The molecular weight excluding hydrogens is 508 g/mol. The quantitative estimate of drug-likeness (QED) is 0.389. The number of aromatic nitrogens is 5. The molecule has 1 amide bonds. The molecule has 1 aliphatic carbocycles. The smallest absolute Gasteiger partial charge is 0.278 e. The highest BCUT2D eigenvalue weighted by atomic mass is 16.5. The van der Waals surface area contributed by atoms with Crippen molar-refractivity contribution >= 4 is 34.4 Å². The number of amides is 1. The number of hydrogen-bond acceptors (Lipinski definition) is 8. The van der Waals surface area contributed by atoms with Gasteiger partial charge in [0.1, 0.15) is 5.39 Å². The van der Waals surface area contributed by atoms with Crippen molar-refractivity contribution in [1.82, 2.24) is 29.2 Å². The molecule has 11 heteroatoms. The van der Waals surface area contributed by atoms with E-state index in [1.54, 1.807) is 26.5 Å². The molecule has 6 heterocycles. The number of carbonyl (C=O) groups is 1. The number of nitrogens with one attached hydrogen (secondary N) is 1. The largest absolute Gasteiger partial charge is 0.480 e. The molecule has 3 aliphatic heterocycles. The number of anilines is 3. The second kappa shape index (κ2) is 8.49. The van der Waals surface area contributed by atoms with Gasteiger partial charge in [0.25, 0.3) is 11.5 Å². The van der Waals surface area contributed by atoms with Crippen molar-refractivity contribution in [2.24, 2.45) is 5.41 Å². The van der Waals surface area contributed by atoms with E-state index in [1.807, 2.05) is 18.2 Å². The maximum absolute atomic E-state index is 13.6. The number of nitrogens with zero attached hydrogens (tertiary/aromatic N) is 7. The minimum atomic E-state index is -0.200. The van der Waals surface area contributed by atoms with Gasteiger partial charge in [0.05, 0.1) is 6.54 Å². The van der Waals surface area contributed by atoms with Crippen LogP contribution in [0.1, 0.15) is 30.4 Å². The van der Waals surface area contributed by atoms with Gasteiger partial charge in [0.2, 0.25) is 5.95 Å². The van der Waals surface area contributed by atoms with Crippen LogP contribution in [0.5, 0.6) is 5.75 Å².